The van der Waals surface area contributed by atoms with Crippen LogP contribution in [0.4, 0.5) is 5.69 Å². The zero-order valence-corrected chi connectivity index (χ0v) is 21.0. The Morgan fingerprint density at radius 1 is 0.895 bits per heavy atom. The summed E-state index contributed by atoms with van der Waals surface area (Å²) >= 11 is 0. The fourth-order valence-electron chi connectivity index (χ4n) is 5.04. The molecule has 1 saturated heterocycles. The first-order valence-corrected chi connectivity index (χ1v) is 12.8. The second kappa shape index (κ2) is 10.8. The van der Waals surface area contributed by atoms with Gasteiger partial charge in [-0.15, -0.1) is 0 Å². The van der Waals surface area contributed by atoms with Gasteiger partial charge in [0, 0.05) is 30.4 Å². The Labute approximate surface area is 222 Å². The van der Waals surface area contributed by atoms with Gasteiger partial charge >= 0.3 is 0 Å². The number of pyridine rings is 2. The molecule has 2 aromatic carbocycles. The average Bonchev–Trinajstić information content (AvgIpc) is 3.49. The number of nitrogens with one attached hydrogen (secondary N) is 1. The van der Waals surface area contributed by atoms with E-state index in [2.05, 4.69) is 66.3 Å². The van der Waals surface area contributed by atoms with Crippen molar-refractivity contribution >= 4 is 5.69 Å². The Bertz CT molecular complexity index is 1550. The second-order valence-corrected chi connectivity index (χ2v) is 9.57. The van der Waals surface area contributed by atoms with Gasteiger partial charge in [0.2, 0.25) is 5.69 Å². The highest BCUT2D eigenvalue weighted by molar-refractivity contribution is 5.83. The van der Waals surface area contributed by atoms with Crippen LogP contribution in [0.15, 0.2) is 91.3 Å². The Hall–Kier alpha value is -4.67. The Morgan fingerprint density at radius 2 is 1.68 bits per heavy atom. The standard InChI is InChI=1S/C31H27N7/c1-32-26-19-27(23-7-3-2-4-8-23)29(34-20-26)24-12-10-22(11-13-24)21-38-17-14-25(15-18-38)30-35-31(37-36-30)28-9-5-6-16-33-28/h2-13,16,19-20,25H,14-15,17-18,21H2,(H,35,36,37). The number of likely N-dealkylation sites (tertiary alicyclic amines) is 1. The van der Waals surface area contributed by atoms with E-state index in [-0.39, 0.29) is 0 Å². The van der Waals surface area contributed by atoms with Crippen LogP contribution >= 0.6 is 0 Å². The molecule has 186 valence electrons. The summed E-state index contributed by atoms with van der Waals surface area (Å²) in [5.41, 5.74) is 6.61. The van der Waals surface area contributed by atoms with Crippen LogP contribution in [0.2, 0.25) is 0 Å². The predicted octanol–water partition coefficient (Wildman–Crippen LogP) is 6.53. The van der Waals surface area contributed by atoms with Crippen molar-refractivity contribution in [2.24, 2.45) is 0 Å². The summed E-state index contributed by atoms with van der Waals surface area (Å²) in [6.07, 6.45) is 5.51. The Balaban J connectivity index is 1.11. The van der Waals surface area contributed by atoms with Gasteiger partial charge < -0.3 is 0 Å². The van der Waals surface area contributed by atoms with Crippen LogP contribution in [0, 0.1) is 6.57 Å². The van der Waals surface area contributed by atoms with Gasteiger partial charge in [-0.1, -0.05) is 60.7 Å². The maximum atomic E-state index is 7.40. The molecule has 38 heavy (non-hydrogen) atoms. The summed E-state index contributed by atoms with van der Waals surface area (Å²) in [6, 6.07) is 26.5. The number of rotatable bonds is 6. The number of aromatic nitrogens is 5. The first-order chi connectivity index (χ1) is 18.8. The Morgan fingerprint density at radius 3 is 2.42 bits per heavy atom. The third-order valence-corrected chi connectivity index (χ3v) is 7.09. The molecule has 6 rings (SSSR count). The topological polar surface area (TPSA) is 75.0 Å². The molecule has 5 aromatic rings. The minimum Gasteiger partial charge on any atom is -0.299 e. The van der Waals surface area contributed by atoms with Crippen LogP contribution < -0.4 is 0 Å². The molecule has 3 aromatic heterocycles. The zero-order chi connectivity index (χ0) is 25.7. The molecule has 1 fully saturated rings. The van der Waals surface area contributed by atoms with Gasteiger partial charge in [0.1, 0.15) is 11.5 Å². The molecule has 0 atom stereocenters. The van der Waals surface area contributed by atoms with E-state index >= 15 is 0 Å². The molecule has 0 unspecified atom stereocenters. The summed E-state index contributed by atoms with van der Waals surface area (Å²) in [5.74, 6) is 2.01. The highest BCUT2D eigenvalue weighted by Crippen LogP contribution is 2.34. The van der Waals surface area contributed by atoms with Gasteiger partial charge in [-0.3, -0.25) is 20.0 Å². The molecule has 0 saturated carbocycles. The first kappa shape index (κ1) is 23.7. The summed E-state index contributed by atoms with van der Waals surface area (Å²) in [7, 11) is 0. The molecule has 0 spiro atoms. The van der Waals surface area contributed by atoms with Crippen LogP contribution in [-0.4, -0.2) is 43.1 Å². The van der Waals surface area contributed by atoms with Gasteiger partial charge in [-0.25, -0.2) is 9.83 Å². The fourth-order valence-corrected chi connectivity index (χ4v) is 5.04. The summed E-state index contributed by atoms with van der Waals surface area (Å²) in [5, 5.41) is 7.53. The molecular formula is C31H27N7. The highest BCUT2D eigenvalue weighted by atomic mass is 15.2. The van der Waals surface area contributed by atoms with Crippen LogP contribution in [0.1, 0.15) is 30.1 Å². The van der Waals surface area contributed by atoms with E-state index in [1.54, 1.807) is 12.4 Å². The average molecular weight is 498 g/mol. The molecule has 0 radical (unpaired) electrons. The summed E-state index contributed by atoms with van der Waals surface area (Å²) in [4.78, 5) is 19.8. The number of nitrogens with zero attached hydrogens (tertiary/aromatic N) is 6. The van der Waals surface area contributed by atoms with Crippen molar-refractivity contribution in [2.45, 2.75) is 25.3 Å². The molecule has 7 nitrogen and oxygen atoms in total. The normalized spacial score (nSPS) is 14.3. The molecule has 0 bridgehead atoms. The number of piperidine rings is 1. The van der Waals surface area contributed by atoms with Gasteiger partial charge in [0.15, 0.2) is 5.82 Å². The van der Waals surface area contributed by atoms with Gasteiger partial charge in [-0.2, -0.15) is 5.10 Å². The Kier molecular flexibility index (Phi) is 6.71. The van der Waals surface area contributed by atoms with Crippen molar-refractivity contribution in [2.75, 3.05) is 13.1 Å². The van der Waals surface area contributed by atoms with E-state index in [9.17, 15) is 0 Å². The third kappa shape index (κ3) is 5.08. The predicted molar refractivity (Wildman–Crippen MR) is 148 cm³/mol. The number of hydrogen-bond donors (Lipinski definition) is 1. The molecule has 1 N–H and O–H groups in total. The lowest BCUT2D eigenvalue weighted by Gasteiger charge is -2.31. The molecular weight excluding hydrogens is 470 g/mol. The van der Waals surface area contributed by atoms with Crippen LogP contribution in [0.25, 0.3) is 38.7 Å². The largest absolute Gasteiger partial charge is 0.299 e. The van der Waals surface area contributed by atoms with E-state index < -0.39 is 0 Å². The minimum absolute atomic E-state index is 0.388. The minimum atomic E-state index is 0.388. The maximum absolute atomic E-state index is 7.40. The van der Waals surface area contributed by atoms with Crippen molar-refractivity contribution in [3.63, 3.8) is 0 Å². The van der Waals surface area contributed by atoms with Gasteiger partial charge in [-0.05, 0) is 60.8 Å². The van der Waals surface area contributed by atoms with Crippen molar-refractivity contribution < 1.29 is 0 Å². The van der Waals surface area contributed by atoms with Crippen LogP contribution in [-0.2, 0) is 6.54 Å². The molecule has 1 aliphatic heterocycles. The lowest BCUT2D eigenvalue weighted by atomic mass is 9.95. The molecule has 1 aliphatic rings. The number of hydrogen-bond acceptors (Lipinski definition) is 5. The van der Waals surface area contributed by atoms with E-state index in [1.165, 1.54) is 5.56 Å². The van der Waals surface area contributed by atoms with Crippen LogP contribution in [0.5, 0.6) is 0 Å². The summed E-state index contributed by atoms with van der Waals surface area (Å²) in [6.45, 7) is 10.3. The van der Waals surface area contributed by atoms with Gasteiger partial charge in [0.25, 0.3) is 0 Å². The van der Waals surface area contributed by atoms with Gasteiger partial charge in [0.05, 0.1) is 12.3 Å². The fraction of sp³-hybridized carbons (Fsp3) is 0.194. The monoisotopic (exact) mass is 497 g/mol. The molecule has 7 heteroatoms. The van der Waals surface area contributed by atoms with E-state index in [0.717, 1.165) is 66.4 Å². The maximum Gasteiger partial charge on any atom is 0.205 e. The number of aromatic amines is 1. The van der Waals surface area contributed by atoms with E-state index in [4.69, 9.17) is 11.6 Å². The molecule has 4 heterocycles. The van der Waals surface area contributed by atoms with Crippen molar-refractivity contribution in [3.8, 4) is 33.9 Å². The zero-order valence-electron chi connectivity index (χ0n) is 21.0. The highest BCUT2D eigenvalue weighted by Gasteiger charge is 2.24. The van der Waals surface area contributed by atoms with E-state index in [1.807, 2.05) is 42.5 Å². The number of benzene rings is 2. The van der Waals surface area contributed by atoms with Crippen molar-refractivity contribution in [3.05, 3.63) is 114 Å². The summed E-state index contributed by atoms with van der Waals surface area (Å²) < 4.78 is 0. The molecule has 0 amide bonds. The van der Waals surface area contributed by atoms with Crippen molar-refractivity contribution in [1.29, 1.82) is 0 Å². The quantitative estimate of drug-likeness (QED) is 0.270. The molecule has 0 aliphatic carbocycles. The first-order valence-electron chi connectivity index (χ1n) is 12.8. The van der Waals surface area contributed by atoms with Crippen molar-refractivity contribution in [1.82, 2.24) is 30.0 Å². The van der Waals surface area contributed by atoms with Crippen LogP contribution in [0.3, 0.4) is 0 Å². The number of H-pyrrole nitrogens is 1. The lowest BCUT2D eigenvalue weighted by Crippen LogP contribution is -2.32. The smallest absolute Gasteiger partial charge is 0.205 e. The van der Waals surface area contributed by atoms with E-state index in [0.29, 0.717) is 17.4 Å². The second-order valence-electron chi connectivity index (χ2n) is 9.57. The SMILES string of the molecule is [C-]#[N+]c1cnc(-c2ccc(CN3CCC(c4nc(-c5ccccn5)n[nH]4)CC3)cc2)c(-c2ccccc2)c1. The lowest BCUT2D eigenvalue weighted by molar-refractivity contribution is 0.202. The third-order valence-electron chi connectivity index (χ3n) is 7.09.